The zero-order valence-corrected chi connectivity index (χ0v) is 13.9. The van der Waals surface area contributed by atoms with Crippen molar-refractivity contribution >= 4 is 22.4 Å². The Morgan fingerprint density at radius 2 is 1.46 bits per heavy atom. The number of carbonyl (C=O) groups excluding carboxylic acids is 1. The number of aromatic nitrogens is 1. The number of hydrazine groups is 1. The molecule has 0 unspecified atom stereocenters. The Balaban J connectivity index is 2.13. The van der Waals surface area contributed by atoms with Crippen molar-refractivity contribution in [3.8, 4) is 11.3 Å². The number of anilines is 1. The third-order valence-corrected chi connectivity index (χ3v) is 4.04. The summed E-state index contributed by atoms with van der Waals surface area (Å²) < 4.78 is 115. The molecule has 0 bridgehead atoms. The predicted octanol–water partition coefficient (Wildman–Crippen LogP) is 4.72. The first-order valence-electron chi connectivity index (χ1n) is 6.99. The summed E-state index contributed by atoms with van der Waals surface area (Å²) in [5.41, 5.74) is 3.50. The number of nitrogens with one attached hydrogen (secondary N) is 2. The fourth-order valence-electron chi connectivity index (χ4n) is 1.78. The molecule has 0 aliphatic carbocycles. The van der Waals surface area contributed by atoms with Gasteiger partial charge in [-0.3, -0.25) is 15.6 Å². The molecule has 0 radical (unpaired) electrons. The van der Waals surface area contributed by atoms with Crippen LogP contribution in [0.1, 0.15) is 0 Å². The standard InChI is InChI=1S/C14H8F9N3OS/c15-11(16,12(17,18)13(19,20)14(21,22)23)9(27)25-26-10-24-8(6-28-10)7-4-2-1-3-5-7/h1-6H,(H,24,26)(H,25,27). The maximum absolute atomic E-state index is 13.4. The van der Waals surface area contributed by atoms with Crippen LogP contribution in [-0.2, 0) is 4.79 Å². The lowest BCUT2D eigenvalue weighted by Crippen LogP contribution is -2.65. The van der Waals surface area contributed by atoms with Gasteiger partial charge >= 0.3 is 29.9 Å². The van der Waals surface area contributed by atoms with Gasteiger partial charge in [0.15, 0.2) is 0 Å². The van der Waals surface area contributed by atoms with Gasteiger partial charge in [-0.05, 0) is 0 Å². The molecule has 2 rings (SSSR count). The molecule has 0 saturated carbocycles. The Hall–Kier alpha value is -2.51. The first-order valence-corrected chi connectivity index (χ1v) is 7.87. The minimum Gasteiger partial charge on any atom is -0.273 e. The van der Waals surface area contributed by atoms with E-state index in [4.69, 9.17) is 0 Å². The van der Waals surface area contributed by atoms with E-state index >= 15 is 0 Å². The summed E-state index contributed by atoms with van der Waals surface area (Å²) >= 11 is 0.717. The summed E-state index contributed by atoms with van der Waals surface area (Å²) in [6.45, 7) is 0. The molecular formula is C14H8F9N3OS. The molecule has 28 heavy (non-hydrogen) atoms. The molecule has 0 saturated heterocycles. The maximum Gasteiger partial charge on any atom is 0.460 e. The van der Waals surface area contributed by atoms with E-state index in [1.54, 1.807) is 35.8 Å². The highest BCUT2D eigenvalue weighted by Crippen LogP contribution is 2.53. The van der Waals surface area contributed by atoms with Crippen LogP contribution in [-0.4, -0.2) is 34.8 Å². The predicted molar refractivity (Wildman–Crippen MR) is 80.2 cm³/mol. The lowest BCUT2D eigenvalue weighted by atomic mass is 10.0. The van der Waals surface area contributed by atoms with Crippen LogP contribution in [0.4, 0.5) is 44.6 Å². The van der Waals surface area contributed by atoms with Crippen molar-refractivity contribution in [2.45, 2.75) is 23.9 Å². The fraction of sp³-hybridized carbons (Fsp3) is 0.286. The summed E-state index contributed by atoms with van der Waals surface area (Å²) in [6, 6.07) is 8.21. The third kappa shape index (κ3) is 3.72. The number of carbonyl (C=O) groups is 1. The molecule has 14 heteroatoms. The largest absolute Gasteiger partial charge is 0.460 e. The highest BCUT2D eigenvalue weighted by atomic mass is 32.1. The number of nitrogens with zero attached hydrogens (tertiary/aromatic N) is 1. The van der Waals surface area contributed by atoms with Crippen LogP contribution < -0.4 is 10.9 Å². The van der Waals surface area contributed by atoms with Gasteiger partial charge in [0.1, 0.15) is 0 Å². The number of hydrogen-bond donors (Lipinski definition) is 2. The van der Waals surface area contributed by atoms with E-state index in [-0.39, 0.29) is 5.13 Å². The molecule has 1 amide bonds. The Morgan fingerprint density at radius 1 is 0.893 bits per heavy atom. The first kappa shape index (κ1) is 21.8. The van der Waals surface area contributed by atoms with E-state index < -0.39 is 29.9 Å². The van der Waals surface area contributed by atoms with Crippen molar-refractivity contribution in [2.75, 3.05) is 5.43 Å². The first-order chi connectivity index (χ1) is 12.7. The summed E-state index contributed by atoms with van der Waals surface area (Å²) in [4.78, 5) is 15.0. The van der Waals surface area contributed by atoms with Crippen molar-refractivity contribution in [1.82, 2.24) is 10.4 Å². The number of hydrogen-bond acceptors (Lipinski definition) is 4. The molecule has 4 nitrogen and oxygen atoms in total. The Labute approximate surface area is 154 Å². The number of thiazole rings is 1. The fourth-order valence-corrected chi connectivity index (χ4v) is 2.45. The molecular weight excluding hydrogens is 429 g/mol. The van der Waals surface area contributed by atoms with Gasteiger partial charge < -0.3 is 0 Å². The number of alkyl halides is 9. The van der Waals surface area contributed by atoms with Gasteiger partial charge in [0.2, 0.25) is 5.13 Å². The molecule has 0 spiro atoms. The second kappa shape index (κ2) is 7.14. The zero-order chi connectivity index (χ0) is 21.4. The van der Waals surface area contributed by atoms with Crippen molar-refractivity contribution in [3.05, 3.63) is 35.7 Å². The average molecular weight is 437 g/mol. The molecule has 2 aromatic rings. The molecule has 1 aromatic heterocycles. The molecule has 2 N–H and O–H groups in total. The number of rotatable bonds is 6. The quantitative estimate of drug-likeness (QED) is 0.508. The highest BCUT2D eigenvalue weighted by Gasteiger charge is 2.83. The van der Waals surface area contributed by atoms with Crippen molar-refractivity contribution in [1.29, 1.82) is 0 Å². The van der Waals surface area contributed by atoms with Gasteiger partial charge in [-0.25, -0.2) is 4.98 Å². The van der Waals surface area contributed by atoms with Crippen molar-refractivity contribution in [3.63, 3.8) is 0 Å². The van der Waals surface area contributed by atoms with Crippen LogP contribution in [0.3, 0.4) is 0 Å². The summed E-state index contributed by atoms with van der Waals surface area (Å²) in [7, 11) is 0. The zero-order valence-electron chi connectivity index (χ0n) is 13.1. The topological polar surface area (TPSA) is 54.0 Å². The monoisotopic (exact) mass is 437 g/mol. The number of benzene rings is 1. The number of amides is 1. The van der Waals surface area contributed by atoms with Crippen LogP contribution in [0.25, 0.3) is 11.3 Å². The minimum absolute atomic E-state index is 0.294. The molecule has 0 fully saturated rings. The molecule has 154 valence electrons. The van der Waals surface area contributed by atoms with E-state index in [0.29, 0.717) is 22.6 Å². The molecule has 0 aliphatic rings. The van der Waals surface area contributed by atoms with E-state index in [9.17, 15) is 44.3 Å². The van der Waals surface area contributed by atoms with Gasteiger partial charge in [-0.2, -0.15) is 39.5 Å². The molecule has 0 aliphatic heterocycles. The third-order valence-electron chi connectivity index (χ3n) is 3.29. The van der Waals surface area contributed by atoms with E-state index in [0.717, 1.165) is 5.43 Å². The smallest absolute Gasteiger partial charge is 0.273 e. The highest BCUT2D eigenvalue weighted by molar-refractivity contribution is 7.14. The lowest BCUT2D eigenvalue weighted by molar-refractivity contribution is -0.388. The van der Waals surface area contributed by atoms with Crippen molar-refractivity contribution < 1.29 is 44.3 Å². The summed E-state index contributed by atoms with van der Waals surface area (Å²) in [6.07, 6.45) is -7.01. The Kier molecular flexibility index (Phi) is 5.56. The average Bonchev–Trinajstić information content (AvgIpc) is 3.08. The van der Waals surface area contributed by atoms with Crippen LogP contribution in [0, 0.1) is 0 Å². The van der Waals surface area contributed by atoms with Gasteiger partial charge in [0.25, 0.3) is 0 Å². The second-order valence-corrected chi connectivity index (χ2v) is 6.06. The molecule has 0 atom stereocenters. The minimum atomic E-state index is -7.15. The van der Waals surface area contributed by atoms with Crippen LogP contribution in [0.2, 0.25) is 0 Å². The molecule has 1 aromatic carbocycles. The normalized spacial score (nSPS) is 13.3. The summed E-state index contributed by atoms with van der Waals surface area (Å²) in [5.74, 6) is -23.7. The van der Waals surface area contributed by atoms with Gasteiger partial charge in [-0.15, -0.1) is 11.3 Å². The van der Waals surface area contributed by atoms with Crippen LogP contribution >= 0.6 is 11.3 Å². The van der Waals surface area contributed by atoms with E-state index in [2.05, 4.69) is 4.98 Å². The second-order valence-electron chi connectivity index (χ2n) is 5.20. The van der Waals surface area contributed by atoms with E-state index in [1.165, 1.54) is 5.38 Å². The maximum atomic E-state index is 13.4. The van der Waals surface area contributed by atoms with Crippen LogP contribution in [0.5, 0.6) is 0 Å². The Morgan fingerprint density at radius 3 is 2.00 bits per heavy atom. The SMILES string of the molecule is O=C(NNc1nc(-c2ccccc2)cs1)C(F)(F)C(F)(F)C(F)(F)C(F)(F)F. The van der Waals surface area contributed by atoms with Gasteiger partial charge in [-0.1, -0.05) is 30.3 Å². The Bertz CT molecular complexity index is 836. The van der Waals surface area contributed by atoms with Crippen LogP contribution in [0.15, 0.2) is 35.7 Å². The van der Waals surface area contributed by atoms with Crippen molar-refractivity contribution in [2.24, 2.45) is 0 Å². The molecule has 1 heterocycles. The lowest BCUT2D eigenvalue weighted by Gasteiger charge is -2.32. The summed E-state index contributed by atoms with van der Waals surface area (Å²) in [5, 5.41) is 1.07. The van der Waals surface area contributed by atoms with Gasteiger partial charge in [0, 0.05) is 10.9 Å². The number of halogens is 9. The van der Waals surface area contributed by atoms with E-state index in [1.807, 2.05) is 0 Å². The van der Waals surface area contributed by atoms with Gasteiger partial charge in [0.05, 0.1) is 5.69 Å².